The van der Waals surface area contributed by atoms with Gasteiger partial charge in [0.15, 0.2) is 5.75 Å². The lowest BCUT2D eigenvalue weighted by molar-refractivity contribution is -0.160. The number of hydrogen-bond donors (Lipinski definition) is 6. The van der Waals surface area contributed by atoms with Crippen molar-refractivity contribution >= 4 is 34.1 Å². The van der Waals surface area contributed by atoms with Crippen LogP contribution < -0.4 is 10.1 Å². The third-order valence-corrected chi connectivity index (χ3v) is 10.6. The third-order valence-electron chi connectivity index (χ3n) is 10.6. The van der Waals surface area contributed by atoms with Crippen molar-refractivity contribution in [3.63, 3.8) is 0 Å². The minimum Gasteiger partial charge on any atom is -0.507 e. The van der Waals surface area contributed by atoms with Crippen LogP contribution in [0.15, 0.2) is 36.1 Å². The van der Waals surface area contributed by atoms with E-state index in [2.05, 4.69) is 5.32 Å². The number of aromatic hydroxyl groups is 3. The summed E-state index contributed by atoms with van der Waals surface area (Å²) >= 11 is 0. The van der Waals surface area contributed by atoms with Gasteiger partial charge in [0.25, 0.3) is 11.7 Å². The summed E-state index contributed by atoms with van der Waals surface area (Å²) < 4.78 is 23.5. The first-order chi connectivity index (χ1) is 25.2. The number of nitrogens with zero attached hydrogens (tertiary/aromatic N) is 1. The van der Waals surface area contributed by atoms with Gasteiger partial charge in [-0.15, -0.1) is 0 Å². The maximum absolute atomic E-state index is 14.2. The van der Waals surface area contributed by atoms with Crippen molar-refractivity contribution in [2.45, 2.75) is 92.1 Å². The van der Waals surface area contributed by atoms with Gasteiger partial charge in [0.1, 0.15) is 23.4 Å². The number of allylic oxidation sites excluding steroid dienone is 2. The van der Waals surface area contributed by atoms with E-state index in [0.29, 0.717) is 0 Å². The summed E-state index contributed by atoms with van der Waals surface area (Å²) in [7, 11) is 4.86. The van der Waals surface area contributed by atoms with Crippen molar-refractivity contribution in [1.82, 2.24) is 4.90 Å². The Morgan fingerprint density at radius 1 is 0.944 bits per heavy atom. The molecule has 5 rings (SSSR count). The Morgan fingerprint density at radius 3 is 2.19 bits per heavy atom. The van der Waals surface area contributed by atoms with Gasteiger partial charge in [-0.3, -0.25) is 14.4 Å². The predicted octanol–water partition coefficient (Wildman–Crippen LogP) is 4.82. The van der Waals surface area contributed by atoms with Gasteiger partial charge in [-0.2, -0.15) is 0 Å². The number of phenols is 3. The van der Waals surface area contributed by atoms with Crippen LogP contribution in [0.4, 0.5) is 5.69 Å². The van der Waals surface area contributed by atoms with Crippen LogP contribution in [0.2, 0.25) is 0 Å². The summed E-state index contributed by atoms with van der Waals surface area (Å²) in [6.07, 6.45) is 3.65. The topological polar surface area (TPSA) is 205 Å². The number of ketones is 1. The van der Waals surface area contributed by atoms with Crippen LogP contribution in [0.1, 0.15) is 70.0 Å². The van der Waals surface area contributed by atoms with Gasteiger partial charge in [0.2, 0.25) is 0 Å². The van der Waals surface area contributed by atoms with Crippen molar-refractivity contribution in [3.05, 3.63) is 52.8 Å². The van der Waals surface area contributed by atoms with E-state index in [9.17, 15) is 39.9 Å². The van der Waals surface area contributed by atoms with E-state index in [4.69, 9.17) is 18.9 Å². The van der Waals surface area contributed by atoms with E-state index in [1.54, 1.807) is 58.8 Å². The molecule has 14 nitrogen and oxygen atoms in total. The highest BCUT2D eigenvalue weighted by atomic mass is 16.7. The molecule has 54 heavy (non-hydrogen) atoms. The Hall–Kier alpha value is -4.63. The number of nitrogens with one attached hydrogen (secondary N) is 1. The molecular formula is C40H54N2O12. The molecule has 0 aromatic heterocycles. The monoisotopic (exact) mass is 754 g/mol. The maximum Gasteiger partial charge on any atom is 0.312 e. The molecular weight excluding hydrogens is 700 g/mol. The van der Waals surface area contributed by atoms with Gasteiger partial charge in [-0.1, -0.05) is 45.9 Å². The summed E-state index contributed by atoms with van der Waals surface area (Å²) in [6.45, 7) is 12.6. The summed E-state index contributed by atoms with van der Waals surface area (Å²) in [6, 6.07) is 0. The lowest BCUT2D eigenvalue weighted by Gasteiger charge is -2.38. The van der Waals surface area contributed by atoms with Gasteiger partial charge in [-0.25, -0.2) is 0 Å². The van der Waals surface area contributed by atoms with Gasteiger partial charge in [-0.05, 0) is 34.0 Å². The number of fused-ring (bicyclic) bond motifs is 14. The number of amides is 1. The summed E-state index contributed by atoms with van der Waals surface area (Å²) in [4.78, 5) is 41.7. The predicted molar refractivity (Wildman–Crippen MR) is 201 cm³/mol. The van der Waals surface area contributed by atoms with Crippen molar-refractivity contribution in [3.8, 4) is 23.0 Å². The molecule has 2 aromatic rings. The summed E-state index contributed by atoms with van der Waals surface area (Å²) in [5, 5.41) is 59.9. The number of carbonyl (C=O) groups is 3. The molecule has 14 heteroatoms. The fraction of sp³-hybridized carbons (Fsp3) is 0.525. The average molecular weight is 755 g/mol. The molecule has 3 heterocycles. The molecule has 0 fully saturated rings. The average Bonchev–Trinajstić information content (AvgIpc) is 3.38. The van der Waals surface area contributed by atoms with Crippen LogP contribution >= 0.6 is 0 Å². The molecule has 3 aliphatic heterocycles. The molecule has 9 atom stereocenters. The van der Waals surface area contributed by atoms with Crippen LogP contribution in [0.25, 0.3) is 10.8 Å². The van der Waals surface area contributed by atoms with Crippen molar-refractivity contribution in [2.75, 3.05) is 26.5 Å². The number of aliphatic hydroxyl groups excluding tert-OH is 2. The number of anilines is 1. The molecule has 6 N–H and O–H groups in total. The van der Waals surface area contributed by atoms with Crippen LogP contribution in [0, 0.1) is 30.6 Å². The Bertz CT molecular complexity index is 1880. The normalized spacial score (nSPS) is 31.8. The van der Waals surface area contributed by atoms with Gasteiger partial charge in [0.05, 0.1) is 41.2 Å². The van der Waals surface area contributed by atoms with E-state index < -0.39 is 88.8 Å². The van der Waals surface area contributed by atoms with Gasteiger partial charge in [0, 0.05) is 73.3 Å². The number of benzene rings is 2. The van der Waals surface area contributed by atoms with E-state index in [-0.39, 0.29) is 51.0 Å². The second-order valence-electron chi connectivity index (χ2n) is 14.9. The molecule has 0 spiro atoms. The number of carbonyl (C=O) groups excluding carboxylic acids is 3. The maximum atomic E-state index is 14.2. The quantitative estimate of drug-likeness (QED) is 0.141. The first-order valence-corrected chi connectivity index (χ1v) is 17.9. The first-order valence-electron chi connectivity index (χ1n) is 17.9. The van der Waals surface area contributed by atoms with E-state index in [1.165, 1.54) is 53.2 Å². The second kappa shape index (κ2) is 16.4. The number of ether oxygens (including phenoxy) is 4. The lowest BCUT2D eigenvalue weighted by Crippen LogP contribution is -2.46. The number of esters is 1. The molecule has 296 valence electrons. The number of aliphatic hydroxyl groups is 2. The third kappa shape index (κ3) is 7.92. The minimum absolute atomic E-state index is 0.00552. The first kappa shape index (κ1) is 42.1. The standard InChI is InChI=1S/C40H54N2O12/c1-18-13-12-14-19(2)39(50)41-30-25(17-42(9)10)34(47)27-28(35(30)48)33(46)23(6)37-29(27)38(49)40(8,54-37)52-16-15-26(51-11)20(3)36(53-24(7)43)22(5)32(45)21(4)31(18)44/h12-16,18,20-22,26,31-32,36,44-48H,17H2,1-11H3,(H,41,50)/b13-12+,16-15+,19-14-/t18-,20-,21-,22-,26+,31+,32-,36-,40+/m1/s1. The smallest absolute Gasteiger partial charge is 0.312 e. The van der Waals surface area contributed by atoms with Crippen LogP contribution in [0.3, 0.4) is 0 Å². The van der Waals surface area contributed by atoms with Crippen molar-refractivity contribution in [2.24, 2.45) is 23.7 Å². The fourth-order valence-electron chi connectivity index (χ4n) is 7.26. The molecule has 3 aliphatic rings. The number of Topliss-reactive ketones (excluding diaryl/α,β-unsaturated/α-hetero) is 1. The number of hydrogen-bond acceptors (Lipinski definition) is 13. The molecule has 2 aromatic carbocycles. The van der Waals surface area contributed by atoms with E-state index in [1.807, 2.05) is 0 Å². The lowest BCUT2D eigenvalue weighted by atomic mass is 9.78. The summed E-state index contributed by atoms with van der Waals surface area (Å²) in [5.41, 5.74) is 0.0370. The highest BCUT2D eigenvalue weighted by Gasteiger charge is 2.50. The zero-order chi connectivity index (χ0) is 40.6. The molecule has 0 aliphatic carbocycles. The number of rotatable bonds is 4. The van der Waals surface area contributed by atoms with Crippen molar-refractivity contribution < 1.29 is 58.9 Å². The zero-order valence-electron chi connectivity index (χ0n) is 32.8. The molecule has 0 saturated carbocycles. The SMILES string of the molecule is CO[C@H]1/C=C/O[C@@]2(C)Oc3c(C)c(O)c4c(O)c(c(CN(C)C)c(O)c4c3C2=O)NC(=O)/C(C)=C\C=C\[C@@H](C)[C@H](O)[C@@H](C)[C@@H](O)[C@@H](C)[C@H](OC(C)=O)[C@@H]1C. The Kier molecular flexibility index (Phi) is 12.8. The van der Waals surface area contributed by atoms with E-state index in [0.717, 1.165) is 0 Å². The highest BCUT2D eigenvalue weighted by Crippen LogP contribution is 2.55. The number of phenolic OH excluding ortho intramolecular Hbond substituents is 3. The fourth-order valence-corrected chi connectivity index (χ4v) is 7.26. The van der Waals surface area contributed by atoms with Crippen LogP contribution in [-0.2, 0) is 30.3 Å². The number of methoxy groups -OCH3 is 1. The molecule has 5 bridgehead atoms. The second-order valence-corrected chi connectivity index (χ2v) is 14.9. The Balaban J connectivity index is 1.96. The zero-order valence-corrected chi connectivity index (χ0v) is 32.8. The van der Waals surface area contributed by atoms with Gasteiger partial charge >= 0.3 is 11.8 Å². The summed E-state index contributed by atoms with van der Waals surface area (Å²) in [5.74, 6) is -7.98. The minimum atomic E-state index is -2.01. The van der Waals surface area contributed by atoms with Gasteiger partial charge < -0.3 is 54.7 Å². The Morgan fingerprint density at radius 2 is 1.59 bits per heavy atom. The van der Waals surface area contributed by atoms with E-state index >= 15 is 0 Å². The Labute approximate surface area is 315 Å². The molecule has 0 saturated heterocycles. The largest absolute Gasteiger partial charge is 0.507 e. The molecule has 0 unspecified atom stereocenters. The van der Waals surface area contributed by atoms with Crippen LogP contribution in [-0.4, -0.2) is 99.5 Å². The highest BCUT2D eigenvalue weighted by molar-refractivity contribution is 6.22. The molecule has 0 radical (unpaired) electrons. The molecule has 1 amide bonds. The van der Waals surface area contributed by atoms with Crippen LogP contribution in [0.5, 0.6) is 23.0 Å². The van der Waals surface area contributed by atoms with Crippen molar-refractivity contribution in [1.29, 1.82) is 0 Å².